The number of anilines is 1. The summed E-state index contributed by atoms with van der Waals surface area (Å²) in [6.45, 7) is 0. The quantitative estimate of drug-likeness (QED) is 0.399. The van der Waals surface area contributed by atoms with Gasteiger partial charge in [0.2, 0.25) is 5.28 Å². The van der Waals surface area contributed by atoms with Gasteiger partial charge in [0.15, 0.2) is 0 Å². The van der Waals surface area contributed by atoms with E-state index in [0.29, 0.717) is 11.4 Å². The van der Waals surface area contributed by atoms with Gasteiger partial charge in [-0.3, -0.25) is 0 Å². The van der Waals surface area contributed by atoms with Gasteiger partial charge in [-0.1, -0.05) is 17.7 Å². The fraction of sp³-hybridized carbons (Fsp3) is 0.0833. The summed E-state index contributed by atoms with van der Waals surface area (Å²) >= 11 is 12.7. The van der Waals surface area contributed by atoms with Gasteiger partial charge in [-0.2, -0.15) is 4.98 Å². The van der Waals surface area contributed by atoms with Crippen LogP contribution in [0.2, 0.25) is 10.4 Å². The van der Waals surface area contributed by atoms with Gasteiger partial charge in [-0.15, -0.1) is 0 Å². The number of nitrogens with zero attached hydrogens (tertiary/aromatic N) is 2. The Hall–Kier alpha value is -1.50. The lowest BCUT2D eigenvalue weighted by molar-refractivity contribution is 0.0600. The lowest BCUT2D eigenvalue weighted by Gasteiger charge is -2.06. The van der Waals surface area contributed by atoms with Crippen LogP contribution in [0.1, 0.15) is 10.4 Å². The minimum absolute atomic E-state index is 0.0592. The predicted octanol–water partition coefficient (Wildman–Crippen LogP) is 3.69. The predicted molar refractivity (Wildman–Crippen MR) is 79.3 cm³/mol. The van der Waals surface area contributed by atoms with Gasteiger partial charge in [-0.05, 0) is 41.7 Å². The summed E-state index contributed by atoms with van der Waals surface area (Å²) in [7, 11) is 1.34. The van der Waals surface area contributed by atoms with E-state index in [-0.39, 0.29) is 16.4 Å². The van der Waals surface area contributed by atoms with Crippen molar-refractivity contribution in [2.75, 3.05) is 11.8 Å². The molecular formula is C12H9Cl2N3O2S. The first-order valence-electron chi connectivity index (χ1n) is 5.40. The van der Waals surface area contributed by atoms with Crippen LogP contribution in [0.4, 0.5) is 5.82 Å². The van der Waals surface area contributed by atoms with Crippen LogP contribution in [0.5, 0.6) is 0 Å². The zero-order chi connectivity index (χ0) is 14.5. The highest BCUT2D eigenvalue weighted by Crippen LogP contribution is 2.23. The van der Waals surface area contributed by atoms with Crippen LogP contribution in [-0.4, -0.2) is 23.0 Å². The molecule has 0 radical (unpaired) electrons. The summed E-state index contributed by atoms with van der Waals surface area (Å²) in [4.78, 5) is 20.0. The average molecular weight is 330 g/mol. The molecular weight excluding hydrogens is 321 g/mol. The third-order valence-corrected chi connectivity index (χ3v) is 3.36. The molecule has 0 saturated carbocycles. The van der Waals surface area contributed by atoms with E-state index in [1.807, 2.05) is 6.07 Å². The smallest absolute Gasteiger partial charge is 0.337 e. The van der Waals surface area contributed by atoms with Crippen molar-refractivity contribution in [3.05, 3.63) is 46.3 Å². The first-order valence-corrected chi connectivity index (χ1v) is 6.97. The van der Waals surface area contributed by atoms with Gasteiger partial charge in [0, 0.05) is 11.0 Å². The minimum atomic E-state index is -0.388. The maximum atomic E-state index is 11.4. The summed E-state index contributed by atoms with van der Waals surface area (Å²) < 4.78 is 7.63. The topological polar surface area (TPSA) is 64.1 Å². The Morgan fingerprint density at radius 3 is 2.80 bits per heavy atom. The summed E-state index contributed by atoms with van der Waals surface area (Å²) in [5, 5.41) is 0.306. The molecule has 0 aliphatic heterocycles. The number of aromatic nitrogens is 2. The van der Waals surface area contributed by atoms with Crippen LogP contribution in [0, 0.1) is 0 Å². The van der Waals surface area contributed by atoms with Crippen molar-refractivity contribution in [1.29, 1.82) is 0 Å². The normalized spacial score (nSPS) is 10.2. The monoisotopic (exact) mass is 329 g/mol. The van der Waals surface area contributed by atoms with Gasteiger partial charge in [-0.25, -0.2) is 9.78 Å². The van der Waals surface area contributed by atoms with E-state index in [0.717, 1.165) is 4.90 Å². The van der Waals surface area contributed by atoms with Crippen molar-refractivity contribution < 1.29 is 9.53 Å². The molecule has 1 heterocycles. The number of esters is 1. The van der Waals surface area contributed by atoms with Gasteiger partial charge in [0.1, 0.15) is 11.0 Å². The molecule has 1 aromatic heterocycles. The summed E-state index contributed by atoms with van der Waals surface area (Å²) in [5.74, 6) is 0.0871. The van der Waals surface area contributed by atoms with E-state index < -0.39 is 0 Å². The first kappa shape index (κ1) is 14.9. The van der Waals surface area contributed by atoms with E-state index in [4.69, 9.17) is 23.2 Å². The lowest BCUT2D eigenvalue weighted by Crippen LogP contribution is -2.01. The maximum absolute atomic E-state index is 11.4. The summed E-state index contributed by atoms with van der Waals surface area (Å²) in [6, 6.07) is 8.53. The zero-order valence-electron chi connectivity index (χ0n) is 10.3. The molecule has 0 fully saturated rings. The summed E-state index contributed by atoms with van der Waals surface area (Å²) in [6.07, 6.45) is 0. The second-order valence-electron chi connectivity index (χ2n) is 3.57. The molecule has 0 bridgehead atoms. The number of hydrogen-bond acceptors (Lipinski definition) is 6. The molecule has 0 aliphatic carbocycles. The van der Waals surface area contributed by atoms with Crippen LogP contribution in [-0.2, 0) is 4.74 Å². The van der Waals surface area contributed by atoms with Gasteiger partial charge in [0.25, 0.3) is 0 Å². The molecule has 104 valence electrons. The fourth-order valence-corrected chi connectivity index (χ4v) is 2.43. The number of carbonyl (C=O) groups is 1. The number of nitrogens with one attached hydrogen (secondary N) is 1. The van der Waals surface area contributed by atoms with E-state index in [1.165, 1.54) is 19.1 Å². The lowest BCUT2D eigenvalue weighted by atomic mass is 10.2. The Balaban J connectivity index is 2.09. The molecule has 0 aliphatic rings. The number of ether oxygens (including phenoxy) is 1. The Kier molecular flexibility index (Phi) is 5.05. The largest absolute Gasteiger partial charge is 0.465 e. The highest BCUT2D eigenvalue weighted by atomic mass is 35.5. The molecule has 8 heteroatoms. The van der Waals surface area contributed by atoms with Crippen molar-refractivity contribution in [1.82, 2.24) is 9.97 Å². The Bertz CT molecular complexity index is 620. The van der Waals surface area contributed by atoms with Crippen molar-refractivity contribution in [3.8, 4) is 0 Å². The van der Waals surface area contributed by atoms with Crippen LogP contribution in [0.15, 0.2) is 35.2 Å². The highest BCUT2D eigenvalue weighted by Gasteiger charge is 2.07. The van der Waals surface area contributed by atoms with Gasteiger partial charge >= 0.3 is 5.97 Å². The SMILES string of the molecule is COC(=O)c1cccc(SNc2cc(Cl)nc(Cl)n2)c1. The molecule has 0 amide bonds. The molecule has 5 nitrogen and oxygen atoms in total. The van der Waals surface area contributed by atoms with Gasteiger partial charge in [0.05, 0.1) is 12.7 Å². The van der Waals surface area contributed by atoms with Crippen LogP contribution < -0.4 is 4.72 Å². The molecule has 0 unspecified atom stereocenters. The Morgan fingerprint density at radius 2 is 2.10 bits per heavy atom. The number of hydrogen-bond donors (Lipinski definition) is 1. The molecule has 2 rings (SSSR count). The number of rotatable bonds is 4. The average Bonchev–Trinajstić information content (AvgIpc) is 2.43. The minimum Gasteiger partial charge on any atom is -0.465 e. The van der Waals surface area contributed by atoms with Crippen molar-refractivity contribution in [2.24, 2.45) is 0 Å². The third kappa shape index (κ3) is 4.00. The second kappa shape index (κ2) is 6.78. The molecule has 20 heavy (non-hydrogen) atoms. The third-order valence-electron chi connectivity index (χ3n) is 2.20. The summed E-state index contributed by atoms with van der Waals surface area (Å²) in [5.41, 5.74) is 0.470. The maximum Gasteiger partial charge on any atom is 0.337 e. The zero-order valence-corrected chi connectivity index (χ0v) is 12.6. The molecule has 1 aromatic carbocycles. The molecule has 0 atom stereocenters. The van der Waals surface area contributed by atoms with Crippen molar-refractivity contribution >= 4 is 46.9 Å². The Labute approximate surface area is 129 Å². The van der Waals surface area contributed by atoms with Crippen LogP contribution >= 0.6 is 35.1 Å². The van der Waals surface area contributed by atoms with Gasteiger partial charge < -0.3 is 9.46 Å². The molecule has 1 N–H and O–H groups in total. The van der Waals surface area contributed by atoms with Crippen LogP contribution in [0.25, 0.3) is 0 Å². The van der Waals surface area contributed by atoms with E-state index in [2.05, 4.69) is 19.4 Å². The fourth-order valence-electron chi connectivity index (χ4n) is 1.36. The standard InChI is InChI=1S/C12H9Cl2N3O2S/c1-19-11(18)7-3-2-4-8(5-7)20-17-10-6-9(13)15-12(14)16-10/h2-6H,1H3,(H,15,16,17). The van der Waals surface area contributed by atoms with E-state index >= 15 is 0 Å². The van der Waals surface area contributed by atoms with Crippen molar-refractivity contribution in [2.45, 2.75) is 4.90 Å². The van der Waals surface area contributed by atoms with E-state index in [1.54, 1.807) is 24.3 Å². The molecule has 0 saturated heterocycles. The highest BCUT2D eigenvalue weighted by molar-refractivity contribution is 8.00. The molecule has 2 aromatic rings. The number of methoxy groups -OCH3 is 1. The van der Waals surface area contributed by atoms with Crippen LogP contribution in [0.3, 0.4) is 0 Å². The molecule has 0 spiro atoms. The number of carbonyl (C=O) groups excluding carboxylic acids is 1. The van der Waals surface area contributed by atoms with Crippen molar-refractivity contribution in [3.63, 3.8) is 0 Å². The van der Waals surface area contributed by atoms with E-state index in [9.17, 15) is 4.79 Å². The number of benzene rings is 1. The second-order valence-corrected chi connectivity index (χ2v) is 5.17. The number of halogens is 2. The Morgan fingerprint density at radius 1 is 1.30 bits per heavy atom. The first-order chi connectivity index (χ1) is 9.58.